The lowest BCUT2D eigenvalue weighted by atomic mass is 10.2. The molecule has 2 aromatic rings. The number of nitrogens with zero attached hydrogens (tertiary/aromatic N) is 3. The molecule has 10 heteroatoms. The smallest absolute Gasteiger partial charge is 0.255 e. The van der Waals surface area contributed by atoms with E-state index < -0.39 is 15.9 Å². The fourth-order valence-electron chi connectivity index (χ4n) is 2.36. The first-order valence-electron chi connectivity index (χ1n) is 8.23. The molecular formula is C17H22Cl2N4O3S. The summed E-state index contributed by atoms with van der Waals surface area (Å²) < 4.78 is 29.2. The maximum atomic E-state index is 12.8. The SMILES string of the molecule is CC(C)CNS(=O)(=O)c1cc(C(=O)N(C)Cc2cnn(C)c2)c(Cl)cc1Cl. The Kier molecular flexibility index (Phi) is 6.91. The normalized spacial score (nSPS) is 11.8. The van der Waals surface area contributed by atoms with Gasteiger partial charge in [0.25, 0.3) is 5.91 Å². The van der Waals surface area contributed by atoms with Crippen LogP contribution in [0.25, 0.3) is 0 Å². The van der Waals surface area contributed by atoms with Crippen LogP contribution in [0.15, 0.2) is 29.4 Å². The highest BCUT2D eigenvalue weighted by atomic mass is 35.5. The maximum absolute atomic E-state index is 12.8. The molecule has 0 aliphatic heterocycles. The molecule has 1 amide bonds. The van der Waals surface area contributed by atoms with E-state index in [0.29, 0.717) is 6.54 Å². The first kappa shape index (κ1) is 21.7. The standard InChI is InChI=1S/C17H22Cl2N4O3S/c1-11(2)7-21-27(25,26)16-5-13(14(18)6-15(16)19)17(24)22(3)9-12-8-20-23(4)10-12/h5-6,8,10-11,21H,7,9H2,1-4H3. The Balaban J connectivity index is 2.32. The lowest BCUT2D eigenvalue weighted by Crippen LogP contribution is -2.29. The monoisotopic (exact) mass is 432 g/mol. The summed E-state index contributed by atoms with van der Waals surface area (Å²) in [4.78, 5) is 14.1. The van der Waals surface area contributed by atoms with Crippen molar-refractivity contribution in [2.24, 2.45) is 13.0 Å². The molecule has 1 N–H and O–H groups in total. The third-order valence-corrected chi connectivity index (χ3v) is 5.95. The minimum atomic E-state index is -3.86. The van der Waals surface area contributed by atoms with Crippen molar-refractivity contribution in [1.29, 1.82) is 0 Å². The number of carbonyl (C=O) groups excluding carboxylic acids is 1. The van der Waals surface area contributed by atoms with Crippen LogP contribution in [-0.4, -0.2) is 42.6 Å². The Hall–Kier alpha value is -1.61. The molecule has 0 fully saturated rings. The predicted octanol–water partition coefficient (Wildman–Crippen LogP) is 2.93. The summed E-state index contributed by atoms with van der Waals surface area (Å²) in [5, 5.41) is 4.11. The summed E-state index contributed by atoms with van der Waals surface area (Å²) in [7, 11) is -0.482. The van der Waals surface area contributed by atoms with Crippen molar-refractivity contribution in [3.05, 3.63) is 45.7 Å². The lowest BCUT2D eigenvalue weighted by molar-refractivity contribution is 0.0785. The van der Waals surface area contributed by atoms with Crippen molar-refractivity contribution in [2.75, 3.05) is 13.6 Å². The summed E-state index contributed by atoms with van der Waals surface area (Å²) in [6, 6.07) is 2.49. The molecule has 0 aliphatic carbocycles. The van der Waals surface area contributed by atoms with Gasteiger partial charge < -0.3 is 4.90 Å². The Bertz CT molecular complexity index is 942. The second kappa shape index (κ2) is 8.60. The van der Waals surface area contributed by atoms with Crippen LogP contribution in [0.4, 0.5) is 0 Å². The second-order valence-electron chi connectivity index (χ2n) is 6.69. The lowest BCUT2D eigenvalue weighted by Gasteiger charge is -2.18. The van der Waals surface area contributed by atoms with Crippen molar-refractivity contribution in [3.8, 4) is 0 Å². The average molecular weight is 433 g/mol. The predicted molar refractivity (Wildman–Crippen MR) is 105 cm³/mol. The summed E-state index contributed by atoms with van der Waals surface area (Å²) >= 11 is 12.2. The molecular weight excluding hydrogens is 411 g/mol. The number of halogens is 2. The molecule has 0 spiro atoms. The number of rotatable bonds is 7. The number of carbonyl (C=O) groups is 1. The third kappa shape index (κ3) is 5.44. The van der Waals surface area contributed by atoms with Gasteiger partial charge in [0.05, 0.1) is 21.8 Å². The molecule has 0 aliphatic rings. The zero-order valence-electron chi connectivity index (χ0n) is 15.5. The Morgan fingerprint density at radius 3 is 2.52 bits per heavy atom. The van der Waals surface area contributed by atoms with Crippen LogP contribution in [0.5, 0.6) is 0 Å². The third-order valence-electron chi connectivity index (χ3n) is 3.75. The van der Waals surface area contributed by atoms with Crippen molar-refractivity contribution < 1.29 is 13.2 Å². The topological polar surface area (TPSA) is 84.3 Å². The van der Waals surface area contributed by atoms with Gasteiger partial charge in [0.1, 0.15) is 4.90 Å². The molecule has 1 heterocycles. The van der Waals surface area contributed by atoms with Crippen molar-refractivity contribution >= 4 is 39.1 Å². The maximum Gasteiger partial charge on any atom is 0.255 e. The number of amides is 1. The van der Waals surface area contributed by atoms with Gasteiger partial charge in [-0.25, -0.2) is 13.1 Å². The Labute approximate surface area is 169 Å². The van der Waals surface area contributed by atoms with Gasteiger partial charge in [0, 0.05) is 38.9 Å². The fraction of sp³-hybridized carbons (Fsp3) is 0.412. The van der Waals surface area contributed by atoms with Crippen molar-refractivity contribution in [1.82, 2.24) is 19.4 Å². The Morgan fingerprint density at radius 2 is 1.96 bits per heavy atom. The van der Waals surface area contributed by atoms with Crippen molar-refractivity contribution in [3.63, 3.8) is 0 Å². The first-order chi connectivity index (χ1) is 12.5. The minimum absolute atomic E-state index is 0.0391. The summed E-state index contributed by atoms with van der Waals surface area (Å²) in [6.45, 7) is 4.33. The van der Waals surface area contributed by atoms with E-state index in [1.807, 2.05) is 13.8 Å². The molecule has 0 bridgehead atoms. The van der Waals surface area contributed by atoms with Crippen LogP contribution >= 0.6 is 23.2 Å². The number of benzene rings is 1. The quantitative estimate of drug-likeness (QED) is 0.728. The van der Waals surface area contributed by atoms with Gasteiger partial charge in [-0.1, -0.05) is 37.0 Å². The van der Waals surface area contributed by atoms with Gasteiger partial charge in [-0.3, -0.25) is 9.48 Å². The van der Waals surface area contributed by atoms with E-state index in [1.54, 1.807) is 31.2 Å². The Morgan fingerprint density at radius 1 is 1.30 bits per heavy atom. The van der Waals surface area contributed by atoms with E-state index >= 15 is 0 Å². The average Bonchev–Trinajstić information content (AvgIpc) is 2.97. The molecule has 2 rings (SSSR count). The number of aromatic nitrogens is 2. The van der Waals surface area contributed by atoms with E-state index in [-0.39, 0.29) is 33.0 Å². The van der Waals surface area contributed by atoms with Crippen LogP contribution < -0.4 is 4.72 Å². The van der Waals surface area contributed by atoms with Gasteiger partial charge in [-0.15, -0.1) is 0 Å². The second-order valence-corrected chi connectivity index (χ2v) is 9.24. The van der Waals surface area contributed by atoms with Crippen LogP contribution in [0, 0.1) is 5.92 Å². The number of aryl methyl sites for hydroxylation is 1. The van der Waals surface area contributed by atoms with Gasteiger partial charge in [0.15, 0.2) is 0 Å². The van der Waals surface area contributed by atoms with Crippen LogP contribution in [0.1, 0.15) is 29.8 Å². The molecule has 1 aromatic heterocycles. The van der Waals surface area contributed by atoms with Gasteiger partial charge >= 0.3 is 0 Å². The molecule has 0 radical (unpaired) electrons. The van der Waals surface area contributed by atoms with Gasteiger partial charge in [-0.2, -0.15) is 5.10 Å². The van der Waals surface area contributed by atoms with Crippen LogP contribution in [-0.2, 0) is 23.6 Å². The van der Waals surface area contributed by atoms with Gasteiger partial charge in [-0.05, 0) is 18.1 Å². The molecule has 0 unspecified atom stereocenters. The van der Waals surface area contributed by atoms with E-state index in [1.165, 1.54) is 17.0 Å². The number of hydrogen-bond donors (Lipinski definition) is 1. The van der Waals surface area contributed by atoms with Crippen LogP contribution in [0.3, 0.4) is 0 Å². The van der Waals surface area contributed by atoms with Gasteiger partial charge in [0.2, 0.25) is 10.0 Å². The molecule has 0 saturated heterocycles. The zero-order valence-corrected chi connectivity index (χ0v) is 17.9. The number of sulfonamides is 1. The molecule has 27 heavy (non-hydrogen) atoms. The van der Waals surface area contributed by atoms with Crippen molar-refractivity contribution in [2.45, 2.75) is 25.3 Å². The minimum Gasteiger partial charge on any atom is -0.337 e. The number of hydrogen-bond acceptors (Lipinski definition) is 4. The zero-order chi connectivity index (χ0) is 20.4. The summed E-state index contributed by atoms with van der Waals surface area (Å²) in [5.74, 6) is -0.293. The summed E-state index contributed by atoms with van der Waals surface area (Å²) in [6.07, 6.45) is 3.44. The van der Waals surface area contributed by atoms with E-state index in [4.69, 9.17) is 23.2 Å². The largest absolute Gasteiger partial charge is 0.337 e. The summed E-state index contributed by atoms with van der Waals surface area (Å²) in [5.41, 5.74) is 0.905. The van der Waals surface area contributed by atoms with E-state index in [9.17, 15) is 13.2 Å². The van der Waals surface area contributed by atoms with E-state index in [0.717, 1.165) is 5.56 Å². The van der Waals surface area contributed by atoms with Crippen LogP contribution in [0.2, 0.25) is 10.0 Å². The molecule has 1 aromatic carbocycles. The highest BCUT2D eigenvalue weighted by Crippen LogP contribution is 2.29. The molecule has 7 nitrogen and oxygen atoms in total. The first-order valence-corrected chi connectivity index (χ1v) is 10.5. The van der Waals surface area contributed by atoms with E-state index in [2.05, 4.69) is 9.82 Å². The number of nitrogens with one attached hydrogen (secondary N) is 1. The highest BCUT2D eigenvalue weighted by molar-refractivity contribution is 7.89. The molecule has 0 atom stereocenters. The molecule has 0 saturated carbocycles. The molecule has 148 valence electrons. The highest BCUT2D eigenvalue weighted by Gasteiger charge is 2.24. The fourth-order valence-corrected chi connectivity index (χ4v) is 4.42.